The van der Waals surface area contributed by atoms with Crippen molar-refractivity contribution in [2.75, 3.05) is 38.4 Å². The van der Waals surface area contributed by atoms with Crippen LogP contribution in [0.3, 0.4) is 0 Å². The van der Waals surface area contributed by atoms with Gasteiger partial charge in [0.2, 0.25) is 5.13 Å². The summed E-state index contributed by atoms with van der Waals surface area (Å²) in [5.74, 6) is 1.15. The molecule has 4 aromatic rings. The second-order valence-corrected chi connectivity index (χ2v) is 13.7. The van der Waals surface area contributed by atoms with Crippen LogP contribution in [0.5, 0.6) is 17.2 Å². The predicted octanol–water partition coefficient (Wildman–Crippen LogP) is 6.34. The lowest BCUT2D eigenvalue weighted by Crippen LogP contribution is -2.41. The number of ether oxygens (including phenoxy) is 3. The van der Waals surface area contributed by atoms with Crippen LogP contribution in [0.2, 0.25) is 0 Å². The highest BCUT2D eigenvalue weighted by molar-refractivity contribution is 7.93. The summed E-state index contributed by atoms with van der Waals surface area (Å²) < 4.78 is 78.1. The smallest absolute Gasteiger partial charge is 0.266 e. The Bertz CT molecular complexity index is 1720. The van der Waals surface area contributed by atoms with E-state index in [1.807, 2.05) is 0 Å². The second kappa shape index (κ2) is 13.3. The first-order chi connectivity index (χ1) is 21.8. The van der Waals surface area contributed by atoms with Crippen molar-refractivity contribution >= 4 is 26.7 Å². The van der Waals surface area contributed by atoms with Gasteiger partial charge < -0.3 is 14.2 Å². The van der Waals surface area contributed by atoms with E-state index in [2.05, 4.69) is 14.3 Å². The molecule has 1 aromatic heterocycles. The molecular formula is C32H34F2N4O5S2. The van der Waals surface area contributed by atoms with E-state index in [9.17, 15) is 17.2 Å². The second-order valence-electron chi connectivity index (χ2n) is 11.1. The number of piperidine rings is 1. The largest absolute Gasteiger partial charge is 0.497 e. The zero-order chi connectivity index (χ0) is 31.6. The molecule has 3 atom stereocenters. The maximum atomic E-state index is 14.2. The molecule has 238 valence electrons. The maximum Gasteiger partial charge on any atom is 0.266 e. The third-order valence-electron chi connectivity index (χ3n) is 8.58. The van der Waals surface area contributed by atoms with Gasteiger partial charge in [0.1, 0.15) is 29.4 Å². The number of hydrogen-bond acceptors (Lipinski definition) is 9. The van der Waals surface area contributed by atoms with E-state index in [1.54, 1.807) is 55.6 Å². The fraction of sp³-hybridized carbons (Fsp3) is 0.375. The van der Waals surface area contributed by atoms with Crippen LogP contribution in [-0.4, -0.2) is 56.7 Å². The van der Waals surface area contributed by atoms with Gasteiger partial charge in [-0.05, 0) is 61.2 Å². The predicted molar refractivity (Wildman–Crippen MR) is 167 cm³/mol. The number of aromatic nitrogens is 2. The first kappa shape index (κ1) is 31.2. The molecule has 2 aliphatic heterocycles. The molecule has 3 heterocycles. The molecule has 0 radical (unpaired) electrons. The topological polar surface area (TPSA) is 94.1 Å². The van der Waals surface area contributed by atoms with Gasteiger partial charge in [-0.25, -0.2) is 22.1 Å². The van der Waals surface area contributed by atoms with Gasteiger partial charge in [0.25, 0.3) is 10.0 Å². The number of halogens is 2. The summed E-state index contributed by atoms with van der Waals surface area (Å²) in [5, 5.41) is 0.210. The number of alkyl halides is 1. The van der Waals surface area contributed by atoms with Crippen LogP contribution >= 0.6 is 11.5 Å². The molecule has 0 unspecified atom stereocenters. The van der Waals surface area contributed by atoms with E-state index in [1.165, 1.54) is 29.9 Å². The number of fused-ring (bicyclic) bond motifs is 1. The van der Waals surface area contributed by atoms with Gasteiger partial charge >= 0.3 is 0 Å². The molecular weight excluding hydrogens is 623 g/mol. The third-order valence-corrected chi connectivity index (χ3v) is 11.1. The van der Waals surface area contributed by atoms with Gasteiger partial charge in [-0.1, -0.05) is 18.2 Å². The fourth-order valence-corrected chi connectivity index (χ4v) is 8.38. The Labute approximate surface area is 265 Å². The average Bonchev–Trinajstić information content (AvgIpc) is 3.61. The number of rotatable bonds is 10. The van der Waals surface area contributed by atoms with Crippen LogP contribution in [-0.2, 0) is 16.6 Å². The molecule has 0 aliphatic carbocycles. The maximum absolute atomic E-state index is 14.2. The van der Waals surface area contributed by atoms with Gasteiger partial charge in [0.15, 0.2) is 0 Å². The Balaban J connectivity index is 1.33. The number of likely N-dealkylation sites (tertiary alicyclic amines) is 1. The molecule has 9 nitrogen and oxygen atoms in total. The summed E-state index contributed by atoms with van der Waals surface area (Å²) in [6, 6.07) is 16.4. The van der Waals surface area contributed by atoms with Crippen molar-refractivity contribution in [3.8, 4) is 17.2 Å². The first-order valence-electron chi connectivity index (χ1n) is 14.7. The minimum absolute atomic E-state index is 0.0475. The van der Waals surface area contributed by atoms with Crippen LogP contribution in [0.1, 0.15) is 48.0 Å². The average molecular weight is 657 g/mol. The zero-order valence-electron chi connectivity index (χ0n) is 24.9. The van der Waals surface area contributed by atoms with Crippen molar-refractivity contribution in [1.29, 1.82) is 0 Å². The Morgan fingerprint density at radius 2 is 1.87 bits per heavy atom. The normalized spacial score (nSPS) is 20.2. The van der Waals surface area contributed by atoms with Crippen molar-refractivity contribution in [3.63, 3.8) is 0 Å². The lowest BCUT2D eigenvalue weighted by Gasteiger charge is -2.45. The summed E-state index contributed by atoms with van der Waals surface area (Å²) >= 11 is 0.974. The van der Waals surface area contributed by atoms with E-state index < -0.39 is 16.7 Å². The van der Waals surface area contributed by atoms with Crippen LogP contribution in [0, 0.1) is 11.7 Å². The van der Waals surface area contributed by atoms with Crippen molar-refractivity contribution in [2.24, 2.45) is 5.92 Å². The minimum Gasteiger partial charge on any atom is -0.497 e. The van der Waals surface area contributed by atoms with E-state index in [-0.39, 0.29) is 40.4 Å². The Morgan fingerprint density at radius 1 is 1.04 bits per heavy atom. The Kier molecular flexibility index (Phi) is 9.20. The first-order valence-corrected chi connectivity index (χ1v) is 16.9. The number of sulfonamides is 1. The fourth-order valence-electron chi connectivity index (χ4n) is 6.24. The van der Waals surface area contributed by atoms with Crippen molar-refractivity contribution in [3.05, 3.63) is 89.5 Å². The molecule has 0 spiro atoms. The molecule has 45 heavy (non-hydrogen) atoms. The van der Waals surface area contributed by atoms with Crippen LogP contribution in [0.15, 0.2) is 71.9 Å². The number of anilines is 1. The number of benzene rings is 3. The van der Waals surface area contributed by atoms with Crippen molar-refractivity contribution < 1.29 is 31.4 Å². The van der Waals surface area contributed by atoms with Gasteiger partial charge in [0.05, 0.1) is 38.9 Å². The van der Waals surface area contributed by atoms with Gasteiger partial charge in [-0.2, -0.15) is 4.37 Å². The summed E-state index contributed by atoms with van der Waals surface area (Å²) in [6.07, 6.45) is 3.33. The SMILES string of the molecule is COc1ccc(CN(c2ncns2)S(=O)(=O)c2ccc3c(c2)OCC[C@H]3N2CC[C@@H](CF)C[C@H]2c2ccc(F)cc2)c(OC)c1. The van der Waals surface area contributed by atoms with Gasteiger partial charge in [-0.15, -0.1) is 0 Å². The molecule has 0 amide bonds. The quantitative estimate of drug-likeness (QED) is 0.195. The molecule has 0 saturated carbocycles. The number of hydrogen-bond donors (Lipinski definition) is 0. The molecule has 0 N–H and O–H groups in total. The number of nitrogens with zero attached hydrogens (tertiary/aromatic N) is 4. The summed E-state index contributed by atoms with van der Waals surface area (Å²) in [5.41, 5.74) is 2.42. The molecule has 3 aromatic carbocycles. The van der Waals surface area contributed by atoms with Crippen molar-refractivity contribution in [2.45, 2.75) is 42.8 Å². The Hall–Kier alpha value is -3.81. The van der Waals surface area contributed by atoms with Crippen LogP contribution in [0.25, 0.3) is 0 Å². The summed E-state index contributed by atoms with van der Waals surface area (Å²) in [4.78, 5) is 6.59. The van der Waals surface area contributed by atoms with E-state index in [0.29, 0.717) is 55.2 Å². The molecule has 13 heteroatoms. The van der Waals surface area contributed by atoms with Gasteiger partial charge in [0, 0.05) is 53.3 Å². The molecule has 2 aliphatic rings. The summed E-state index contributed by atoms with van der Waals surface area (Å²) in [7, 11) is -1.06. The monoisotopic (exact) mass is 656 g/mol. The molecule has 0 bridgehead atoms. The lowest BCUT2D eigenvalue weighted by molar-refractivity contribution is 0.0394. The highest BCUT2D eigenvalue weighted by Gasteiger charge is 2.38. The van der Waals surface area contributed by atoms with Gasteiger partial charge in [-0.3, -0.25) is 9.29 Å². The van der Waals surface area contributed by atoms with E-state index >= 15 is 0 Å². The zero-order valence-corrected chi connectivity index (χ0v) is 26.6. The number of methoxy groups -OCH3 is 2. The Morgan fingerprint density at radius 3 is 2.58 bits per heavy atom. The third kappa shape index (κ3) is 6.34. The van der Waals surface area contributed by atoms with E-state index in [4.69, 9.17) is 14.2 Å². The summed E-state index contributed by atoms with van der Waals surface area (Å²) in [6.45, 7) is 0.609. The standard InChI is InChI=1S/C32H34F2N4O5S2/c1-41-25-8-5-23(30(16-25)42-2)19-38(32-35-20-36-44-32)45(39,40)26-9-10-27-28(12-14-43-31(27)17-26)37-13-11-21(18-33)15-29(37)22-3-6-24(34)7-4-22/h3-10,16-17,20-21,28-29H,11-15,18-19H2,1-2H3/t21-,28-,29+/m1/s1. The van der Waals surface area contributed by atoms with E-state index in [0.717, 1.165) is 22.7 Å². The molecule has 1 fully saturated rings. The highest BCUT2D eigenvalue weighted by atomic mass is 32.2. The van der Waals surface area contributed by atoms with Crippen molar-refractivity contribution in [1.82, 2.24) is 14.3 Å². The van der Waals surface area contributed by atoms with Crippen LogP contribution < -0.4 is 18.5 Å². The van der Waals surface area contributed by atoms with Crippen LogP contribution in [0.4, 0.5) is 13.9 Å². The molecule has 6 rings (SSSR count). The molecule has 1 saturated heterocycles. The minimum atomic E-state index is -4.12. The highest BCUT2D eigenvalue weighted by Crippen LogP contribution is 2.45. The lowest BCUT2D eigenvalue weighted by atomic mass is 9.85.